The summed E-state index contributed by atoms with van der Waals surface area (Å²) in [5, 5.41) is -0.0400. The lowest BCUT2D eigenvalue weighted by atomic mass is 9.88. The molecule has 0 saturated carbocycles. The van der Waals surface area contributed by atoms with Crippen molar-refractivity contribution in [3.8, 4) is 0 Å². The Bertz CT molecular complexity index is 494. The van der Waals surface area contributed by atoms with Crippen molar-refractivity contribution >= 4 is 27.7 Å². The predicted octanol–water partition coefficient (Wildman–Crippen LogP) is 5.64. The Morgan fingerprint density at radius 2 is 1.30 bits per heavy atom. The van der Waals surface area contributed by atoms with Crippen LogP contribution in [-0.4, -0.2) is 7.38 Å². The van der Waals surface area contributed by atoms with Gasteiger partial charge in [0.05, 0.1) is 0 Å². The fourth-order valence-corrected chi connectivity index (χ4v) is 4.51. The van der Waals surface area contributed by atoms with E-state index < -0.39 is 7.38 Å². The van der Waals surface area contributed by atoms with E-state index in [0.717, 1.165) is 12.5 Å². The molecule has 0 radical (unpaired) electrons. The van der Waals surface area contributed by atoms with Gasteiger partial charge in [-0.3, -0.25) is 0 Å². The van der Waals surface area contributed by atoms with Crippen molar-refractivity contribution in [3.63, 3.8) is 0 Å². The molecule has 0 aliphatic carbocycles. The Morgan fingerprint density at radius 1 is 0.900 bits per heavy atom. The monoisotopic (exact) mass is 320 g/mol. The highest BCUT2D eigenvalue weighted by Gasteiger charge is 2.31. The lowest BCUT2D eigenvalue weighted by Gasteiger charge is -2.32. The van der Waals surface area contributed by atoms with Gasteiger partial charge in [0.25, 0.3) is 0 Å². The molecule has 0 aliphatic heterocycles. The molecule has 0 saturated heterocycles. The fraction of sp³-hybridized carbons (Fsp3) is 0.294. The highest BCUT2D eigenvalue weighted by Crippen LogP contribution is 2.44. The molecule has 0 heterocycles. The minimum atomic E-state index is -1.57. The summed E-state index contributed by atoms with van der Waals surface area (Å²) in [4.78, 5) is 0. The third-order valence-electron chi connectivity index (χ3n) is 3.69. The topological polar surface area (TPSA) is 0 Å². The van der Waals surface area contributed by atoms with Gasteiger partial charge in [-0.15, -0.1) is 9.24 Å². The van der Waals surface area contributed by atoms with Gasteiger partial charge in [0.15, 0.2) is 7.38 Å². The van der Waals surface area contributed by atoms with Crippen molar-refractivity contribution < 1.29 is 0 Å². The quantitative estimate of drug-likeness (QED) is 0.380. The molecule has 0 aliphatic rings. The zero-order chi connectivity index (χ0) is 14.6. The first-order valence-corrected chi connectivity index (χ1v) is 11.8. The Kier molecular flexibility index (Phi) is 5.07. The zero-order valence-corrected chi connectivity index (χ0v) is 15.1. The Hall–Kier alpha value is -0.623. The second-order valence-electron chi connectivity index (χ2n) is 5.92. The lowest BCUT2D eigenvalue weighted by Crippen LogP contribution is -2.25. The van der Waals surface area contributed by atoms with Crippen LogP contribution in [0.1, 0.15) is 17.5 Å². The summed E-state index contributed by atoms with van der Waals surface area (Å²) >= 11 is 6.54. The highest BCUT2D eigenvalue weighted by atomic mass is 35.6. The molecule has 0 nitrogen and oxygen atoms in total. The number of hydrogen-bond donors (Lipinski definition) is 0. The van der Waals surface area contributed by atoms with Gasteiger partial charge in [-0.2, -0.15) is 11.1 Å². The fourth-order valence-electron chi connectivity index (χ4n) is 2.42. The van der Waals surface area contributed by atoms with E-state index >= 15 is 0 Å². The molecule has 0 amide bonds. The molecule has 0 aromatic heterocycles. The van der Waals surface area contributed by atoms with E-state index in [0.29, 0.717) is 0 Å². The second kappa shape index (κ2) is 6.43. The number of halogens is 1. The van der Waals surface area contributed by atoms with Crippen LogP contribution < -0.4 is 0 Å². The maximum atomic E-state index is 6.54. The Balaban J connectivity index is 2.39. The van der Waals surface area contributed by atoms with Crippen LogP contribution >= 0.6 is 20.3 Å². The molecule has 0 bridgehead atoms. The van der Waals surface area contributed by atoms with E-state index in [1.807, 2.05) is 0 Å². The van der Waals surface area contributed by atoms with Crippen LogP contribution in [0.25, 0.3) is 0 Å². The summed E-state index contributed by atoms with van der Waals surface area (Å²) in [5.74, 6) is 0. The molecule has 0 fully saturated rings. The average molecular weight is 321 g/mol. The van der Waals surface area contributed by atoms with Gasteiger partial charge in [0.1, 0.15) is 0 Å². The maximum absolute atomic E-state index is 6.54. The third-order valence-corrected chi connectivity index (χ3v) is 6.65. The van der Waals surface area contributed by atoms with Gasteiger partial charge < -0.3 is 0 Å². The van der Waals surface area contributed by atoms with E-state index in [2.05, 4.69) is 83.0 Å². The molecule has 2 aromatic rings. The van der Waals surface area contributed by atoms with E-state index in [1.165, 1.54) is 11.1 Å². The average Bonchev–Trinajstić information content (AvgIpc) is 2.46. The summed E-state index contributed by atoms with van der Waals surface area (Å²) in [6.45, 7) is 4.44. The standard InChI is InChI=1S/C17H22ClPSi/c1-20(2,18)14-13-17(19,15-9-5-3-6-10-15)16-11-7-4-8-12-16/h3-12H,13-14,19H2,1-2H3. The molecular formula is C17H22ClPSi. The van der Waals surface area contributed by atoms with Crippen molar-refractivity contribution in [1.29, 1.82) is 0 Å². The third kappa shape index (κ3) is 3.94. The summed E-state index contributed by atoms with van der Waals surface area (Å²) in [6, 6.07) is 22.5. The lowest BCUT2D eigenvalue weighted by molar-refractivity contribution is 0.704. The van der Waals surface area contributed by atoms with Crippen LogP contribution in [-0.2, 0) is 5.16 Å². The van der Waals surface area contributed by atoms with E-state index in [9.17, 15) is 0 Å². The van der Waals surface area contributed by atoms with Gasteiger partial charge in [0.2, 0.25) is 0 Å². The van der Waals surface area contributed by atoms with Gasteiger partial charge in [-0.1, -0.05) is 73.8 Å². The Labute approximate surface area is 130 Å². The smallest absolute Gasteiger partial charge is 0.150 e. The van der Waals surface area contributed by atoms with Crippen LogP contribution in [0.5, 0.6) is 0 Å². The molecular weight excluding hydrogens is 299 g/mol. The molecule has 1 unspecified atom stereocenters. The van der Waals surface area contributed by atoms with Crippen LogP contribution in [0.3, 0.4) is 0 Å². The normalized spacial score (nSPS) is 12.4. The molecule has 3 heteroatoms. The molecule has 1 atom stereocenters. The van der Waals surface area contributed by atoms with Crippen LogP contribution in [0.4, 0.5) is 0 Å². The Morgan fingerprint density at radius 3 is 1.65 bits per heavy atom. The maximum Gasteiger partial charge on any atom is 0.150 e. The highest BCUT2D eigenvalue weighted by molar-refractivity contribution is 7.20. The summed E-state index contributed by atoms with van der Waals surface area (Å²) < 4.78 is 0. The number of rotatable bonds is 5. The SMILES string of the molecule is C[Si](C)(Cl)CCC(P)(c1ccccc1)c1ccccc1. The van der Waals surface area contributed by atoms with Gasteiger partial charge >= 0.3 is 0 Å². The van der Waals surface area contributed by atoms with Crippen molar-refractivity contribution in [1.82, 2.24) is 0 Å². The largest absolute Gasteiger partial charge is 0.168 e. The predicted molar refractivity (Wildman–Crippen MR) is 96.1 cm³/mol. The molecule has 20 heavy (non-hydrogen) atoms. The van der Waals surface area contributed by atoms with Gasteiger partial charge in [-0.05, 0) is 23.6 Å². The van der Waals surface area contributed by atoms with Crippen LogP contribution in [0.2, 0.25) is 19.1 Å². The molecule has 2 aromatic carbocycles. The molecule has 0 N–H and O–H groups in total. The summed E-state index contributed by atoms with van der Waals surface area (Å²) in [7, 11) is 1.51. The number of benzene rings is 2. The van der Waals surface area contributed by atoms with Crippen molar-refractivity contribution in [2.45, 2.75) is 30.7 Å². The first-order valence-electron chi connectivity index (χ1n) is 7.01. The van der Waals surface area contributed by atoms with Crippen molar-refractivity contribution in [3.05, 3.63) is 71.8 Å². The van der Waals surface area contributed by atoms with Crippen LogP contribution in [0, 0.1) is 0 Å². The van der Waals surface area contributed by atoms with E-state index in [1.54, 1.807) is 0 Å². The minimum Gasteiger partial charge on any atom is -0.168 e. The molecule has 0 spiro atoms. The minimum absolute atomic E-state index is 0.0400. The first kappa shape index (κ1) is 15.8. The van der Waals surface area contributed by atoms with Gasteiger partial charge in [-0.25, -0.2) is 0 Å². The molecule has 2 rings (SSSR count). The molecule has 106 valence electrons. The van der Waals surface area contributed by atoms with Gasteiger partial charge in [0, 0.05) is 5.16 Å². The van der Waals surface area contributed by atoms with E-state index in [-0.39, 0.29) is 5.16 Å². The van der Waals surface area contributed by atoms with Crippen LogP contribution in [0.15, 0.2) is 60.7 Å². The second-order valence-corrected chi connectivity index (χ2v) is 13.9. The van der Waals surface area contributed by atoms with E-state index in [4.69, 9.17) is 11.1 Å². The summed E-state index contributed by atoms with van der Waals surface area (Å²) in [6.07, 6.45) is 1.06. The first-order chi connectivity index (χ1) is 9.42. The zero-order valence-electron chi connectivity index (χ0n) is 12.1. The van der Waals surface area contributed by atoms with Crippen molar-refractivity contribution in [2.75, 3.05) is 0 Å². The summed E-state index contributed by atoms with van der Waals surface area (Å²) in [5.41, 5.74) is 2.68. The number of hydrogen-bond acceptors (Lipinski definition) is 0. The van der Waals surface area contributed by atoms with Crippen molar-refractivity contribution in [2.24, 2.45) is 0 Å².